The first-order valence-electron chi connectivity index (χ1n) is 5.37. The Labute approximate surface area is 85.4 Å². The summed E-state index contributed by atoms with van der Waals surface area (Å²) in [7, 11) is 0. The Hall–Kier alpha value is -0.610. The van der Waals surface area contributed by atoms with E-state index in [0.29, 0.717) is 0 Å². The molecule has 82 valence electrons. The highest BCUT2D eigenvalue weighted by atomic mass is 16.5. The van der Waals surface area contributed by atoms with Crippen LogP contribution in [-0.4, -0.2) is 43.2 Å². The number of hydrogen-bond donors (Lipinski definition) is 1. The van der Waals surface area contributed by atoms with Crippen LogP contribution in [-0.2, 0) is 9.53 Å². The van der Waals surface area contributed by atoms with Gasteiger partial charge in [-0.05, 0) is 19.3 Å². The monoisotopic (exact) mass is 200 g/mol. The van der Waals surface area contributed by atoms with Crippen molar-refractivity contribution in [3.63, 3.8) is 0 Å². The standard InChI is InChI=1S/C10H20N2O2/c1-2-7-14-8-3-5-12-6-4-9(11)10(12)13/h9H,2-8,11H2,1H3. The van der Waals surface area contributed by atoms with E-state index in [0.717, 1.165) is 45.6 Å². The zero-order valence-electron chi connectivity index (χ0n) is 8.87. The molecule has 1 rings (SSSR count). The molecule has 1 aliphatic rings. The maximum Gasteiger partial charge on any atom is 0.239 e. The van der Waals surface area contributed by atoms with Crippen molar-refractivity contribution in [2.45, 2.75) is 32.2 Å². The summed E-state index contributed by atoms with van der Waals surface area (Å²) < 4.78 is 5.34. The molecule has 0 aromatic heterocycles. The molecule has 0 saturated carbocycles. The highest BCUT2D eigenvalue weighted by Gasteiger charge is 2.27. The van der Waals surface area contributed by atoms with Crippen molar-refractivity contribution in [3.8, 4) is 0 Å². The second-order valence-electron chi connectivity index (χ2n) is 3.69. The molecule has 0 aliphatic carbocycles. The Kier molecular flexibility index (Phi) is 4.90. The number of carbonyl (C=O) groups is 1. The fourth-order valence-corrected chi connectivity index (χ4v) is 1.59. The molecule has 1 saturated heterocycles. The summed E-state index contributed by atoms with van der Waals surface area (Å²) in [5.41, 5.74) is 5.60. The Morgan fingerprint density at radius 1 is 1.57 bits per heavy atom. The van der Waals surface area contributed by atoms with E-state index in [-0.39, 0.29) is 11.9 Å². The molecule has 2 N–H and O–H groups in total. The van der Waals surface area contributed by atoms with Crippen LogP contribution in [0.4, 0.5) is 0 Å². The van der Waals surface area contributed by atoms with Crippen molar-refractivity contribution in [1.29, 1.82) is 0 Å². The normalized spacial score (nSPS) is 22.0. The average Bonchev–Trinajstić information content (AvgIpc) is 2.49. The third-order valence-corrected chi connectivity index (χ3v) is 2.40. The van der Waals surface area contributed by atoms with Crippen molar-refractivity contribution in [1.82, 2.24) is 4.90 Å². The number of hydrogen-bond acceptors (Lipinski definition) is 3. The van der Waals surface area contributed by atoms with E-state index in [1.54, 1.807) is 0 Å². The predicted octanol–water partition coefficient (Wildman–Crippen LogP) is 0.363. The molecule has 1 amide bonds. The van der Waals surface area contributed by atoms with Gasteiger partial charge in [-0.1, -0.05) is 6.92 Å². The van der Waals surface area contributed by atoms with E-state index in [9.17, 15) is 4.79 Å². The van der Waals surface area contributed by atoms with Crippen molar-refractivity contribution in [3.05, 3.63) is 0 Å². The number of ether oxygens (including phenoxy) is 1. The molecule has 4 nitrogen and oxygen atoms in total. The quantitative estimate of drug-likeness (QED) is 0.630. The average molecular weight is 200 g/mol. The molecule has 1 fully saturated rings. The topological polar surface area (TPSA) is 55.6 Å². The van der Waals surface area contributed by atoms with Gasteiger partial charge in [0.1, 0.15) is 0 Å². The van der Waals surface area contributed by atoms with Gasteiger partial charge in [0.05, 0.1) is 6.04 Å². The number of nitrogens with zero attached hydrogens (tertiary/aromatic N) is 1. The predicted molar refractivity (Wildman–Crippen MR) is 54.9 cm³/mol. The maximum atomic E-state index is 11.4. The Bertz CT molecular complexity index is 185. The number of carbonyl (C=O) groups excluding carboxylic acids is 1. The molecular formula is C10H20N2O2. The Morgan fingerprint density at radius 3 is 2.93 bits per heavy atom. The van der Waals surface area contributed by atoms with E-state index in [2.05, 4.69) is 6.92 Å². The van der Waals surface area contributed by atoms with Crippen molar-refractivity contribution >= 4 is 5.91 Å². The first-order valence-corrected chi connectivity index (χ1v) is 5.37. The van der Waals surface area contributed by atoms with Gasteiger partial charge >= 0.3 is 0 Å². The summed E-state index contributed by atoms with van der Waals surface area (Å²) in [5, 5.41) is 0. The largest absolute Gasteiger partial charge is 0.381 e. The van der Waals surface area contributed by atoms with E-state index in [4.69, 9.17) is 10.5 Å². The molecule has 0 aromatic carbocycles. The van der Waals surface area contributed by atoms with Crippen LogP contribution in [0.2, 0.25) is 0 Å². The van der Waals surface area contributed by atoms with Gasteiger partial charge in [0.15, 0.2) is 0 Å². The summed E-state index contributed by atoms with van der Waals surface area (Å²) in [6, 6.07) is -0.258. The van der Waals surface area contributed by atoms with Crippen molar-refractivity contribution in [2.75, 3.05) is 26.3 Å². The van der Waals surface area contributed by atoms with Gasteiger partial charge in [0.25, 0.3) is 0 Å². The van der Waals surface area contributed by atoms with E-state index in [1.807, 2.05) is 4.90 Å². The van der Waals surface area contributed by atoms with Crippen LogP contribution in [0.5, 0.6) is 0 Å². The van der Waals surface area contributed by atoms with Crippen LogP contribution in [0, 0.1) is 0 Å². The number of likely N-dealkylation sites (tertiary alicyclic amines) is 1. The molecule has 14 heavy (non-hydrogen) atoms. The van der Waals surface area contributed by atoms with Gasteiger partial charge in [0.2, 0.25) is 5.91 Å². The SMILES string of the molecule is CCCOCCCN1CCC(N)C1=O. The lowest BCUT2D eigenvalue weighted by Gasteiger charge is -2.15. The van der Waals surface area contributed by atoms with E-state index < -0.39 is 0 Å². The van der Waals surface area contributed by atoms with Crippen LogP contribution >= 0.6 is 0 Å². The third-order valence-electron chi connectivity index (χ3n) is 2.40. The molecule has 0 bridgehead atoms. The number of rotatable bonds is 6. The summed E-state index contributed by atoms with van der Waals surface area (Å²) in [6.45, 7) is 5.24. The molecule has 1 aliphatic heterocycles. The van der Waals surface area contributed by atoms with E-state index >= 15 is 0 Å². The molecule has 4 heteroatoms. The Morgan fingerprint density at radius 2 is 2.36 bits per heavy atom. The third kappa shape index (κ3) is 3.27. The van der Waals surface area contributed by atoms with Gasteiger partial charge in [-0.3, -0.25) is 4.79 Å². The second kappa shape index (κ2) is 5.98. The molecule has 0 radical (unpaired) electrons. The smallest absolute Gasteiger partial charge is 0.239 e. The lowest BCUT2D eigenvalue weighted by molar-refractivity contribution is -0.128. The minimum atomic E-state index is -0.258. The number of nitrogens with two attached hydrogens (primary N) is 1. The zero-order valence-corrected chi connectivity index (χ0v) is 8.87. The van der Waals surface area contributed by atoms with Crippen molar-refractivity contribution in [2.24, 2.45) is 5.73 Å². The maximum absolute atomic E-state index is 11.4. The first-order chi connectivity index (χ1) is 6.75. The summed E-state index contributed by atoms with van der Waals surface area (Å²) in [5.74, 6) is 0.0977. The second-order valence-corrected chi connectivity index (χ2v) is 3.69. The fourth-order valence-electron chi connectivity index (χ4n) is 1.59. The Balaban J connectivity index is 2.04. The van der Waals surface area contributed by atoms with Gasteiger partial charge in [-0.25, -0.2) is 0 Å². The fraction of sp³-hybridized carbons (Fsp3) is 0.900. The molecule has 1 unspecified atom stereocenters. The van der Waals surface area contributed by atoms with Crippen LogP contribution in [0.1, 0.15) is 26.2 Å². The van der Waals surface area contributed by atoms with Crippen LogP contribution < -0.4 is 5.73 Å². The summed E-state index contributed by atoms with van der Waals surface area (Å²) in [6.07, 6.45) is 2.76. The minimum Gasteiger partial charge on any atom is -0.381 e. The highest BCUT2D eigenvalue weighted by molar-refractivity contribution is 5.83. The molecule has 1 atom stereocenters. The van der Waals surface area contributed by atoms with Gasteiger partial charge in [0, 0.05) is 26.3 Å². The van der Waals surface area contributed by atoms with Crippen LogP contribution in [0.3, 0.4) is 0 Å². The minimum absolute atomic E-state index is 0.0977. The van der Waals surface area contributed by atoms with Gasteiger partial charge in [-0.15, -0.1) is 0 Å². The van der Waals surface area contributed by atoms with Gasteiger partial charge in [-0.2, -0.15) is 0 Å². The van der Waals surface area contributed by atoms with Gasteiger partial charge < -0.3 is 15.4 Å². The lowest BCUT2D eigenvalue weighted by atomic mass is 10.3. The zero-order chi connectivity index (χ0) is 10.4. The van der Waals surface area contributed by atoms with E-state index in [1.165, 1.54) is 0 Å². The molecular weight excluding hydrogens is 180 g/mol. The number of amides is 1. The molecule has 0 spiro atoms. The van der Waals surface area contributed by atoms with Crippen molar-refractivity contribution < 1.29 is 9.53 Å². The highest BCUT2D eigenvalue weighted by Crippen LogP contribution is 2.08. The molecule has 0 aromatic rings. The summed E-state index contributed by atoms with van der Waals surface area (Å²) >= 11 is 0. The molecule has 1 heterocycles. The summed E-state index contributed by atoms with van der Waals surface area (Å²) in [4.78, 5) is 13.2. The lowest BCUT2D eigenvalue weighted by Crippen LogP contribution is -2.34. The first kappa shape index (κ1) is 11.5. The van der Waals surface area contributed by atoms with Crippen LogP contribution in [0.25, 0.3) is 0 Å². The van der Waals surface area contributed by atoms with Crippen LogP contribution in [0.15, 0.2) is 0 Å².